The highest BCUT2D eigenvalue weighted by Gasteiger charge is 2.13. The van der Waals surface area contributed by atoms with Gasteiger partial charge in [-0.05, 0) is 12.3 Å². The van der Waals surface area contributed by atoms with E-state index in [2.05, 4.69) is 28.5 Å². The lowest BCUT2D eigenvalue weighted by atomic mass is 10.0. The van der Waals surface area contributed by atoms with Gasteiger partial charge in [-0.3, -0.25) is 0 Å². The largest absolute Gasteiger partial charge is 0.396 e. The molecule has 0 aromatic carbocycles. The van der Waals surface area contributed by atoms with Crippen LogP contribution >= 0.6 is 11.5 Å². The smallest absolute Gasteiger partial charge is 0.202 e. The van der Waals surface area contributed by atoms with E-state index >= 15 is 0 Å². The quantitative estimate of drug-likeness (QED) is 0.755. The molecule has 1 aromatic heterocycles. The summed E-state index contributed by atoms with van der Waals surface area (Å²) in [6.45, 7) is 4.44. The Hall–Kier alpha value is -0.680. The van der Waals surface area contributed by atoms with Crippen LogP contribution in [0.25, 0.3) is 0 Å². The van der Waals surface area contributed by atoms with Crippen molar-refractivity contribution in [3.8, 4) is 0 Å². The lowest BCUT2D eigenvalue weighted by Crippen LogP contribution is -2.26. The molecule has 0 bridgehead atoms. The summed E-state index contributed by atoms with van der Waals surface area (Å²) in [4.78, 5) is 4.04. The van der Waals surface area contributed by atoms with Crippen molar-refractivity contribution in [2.24, 2.45) is 5.92 Å². The van der Waals surface area contributed by atoms with Gasteiger partial charge in [-0.1, -0.05) is 13.8 Å². The fraction of sp³-hybridized carbons (Fsp3) is 0.750. The third-order valence-electron chi connectivity index (χ3n) is 1.92. The third kappa shape index (κ3) is 3.28. The molecule has 0 aliphatic rings. The zero-order valence-corrected chi connectivity index (χ0v) is 8.71. The van der Waals surface area contributed by atoms with Crippen molar-refractivity contribution in [2.45, 2.75) is 26.3 Å². The average Bonchev–Trinajstić information content (AvgIpc) is 2.56. The SMILES string of the molecule is CC(C)C(CCO)Nc1ncns1. The van der Waals surface area contributed by atoms with Crippen LogP contribution in [-0.2, 0) is 0 Å². The summed E-state index contributed by atoms with van der Waals surface area (Å²) >= 11 is 1.34. The topological polar surface area (TPSA) is 58.0 Å². The Bertz CT molecular complexity index is 225. The second-order valence-corrected chi connectivity index (χ2v) is 4.03. The highest BCUT2D eigenvalue weighted by atomic mass is 32.1. The van der Waals surface area contributed by atoms with Crippen LogP contribution in [0.5, 0.6) is 0 Å². The van der Waals surface area contributed by atoms with Gasteiger partial charge in [-0.25, -0.2) is 4.98 Å². The van der Waals surface area contributed by atoms with Crippen molar-refractivity contribution in [2.75, 3.05) is 11.9 Å². The Morgan fingerprint density at radius 2 is 2.38 bits per heavy atom. The first-order chi connectivity index (χ1) is 6.24. The van der Waals surface area contributed by atoms with Crippen LogP contribution in [0, 0.1) is 5.92 Å². The first-order valence-corrected chi connectivity index (χ1v) is 5.15. The maximum Gasteiger partial charge on any atom is 0.202 e. The fourth-order valence-electron chi connectivity index (χ4n) is 1.11. The minimum Gasteiger partial charge on any atom is -0.396 e. The molecule has 2 N–H and O–H groups in total. The number of aromatic nitrogens is 2. The first kappa shape index (κ1) is 10.4. The third-order valence-corrected chi connectivity index (χ3v) is 2.51. The van der Waals surface area contributed by atoms with Crippen LogP contribution in [0.3, 0.4) is 0 Å². The molecule has 1 rings (SSSR count). The summed E-state index contributed by atoms with van der Waals surface area (Å²) < 4.78 is 3.90. The van der Waals surface area contributed by atoms with Crippen molar-refractivity contribution in [1.29, 1.82) is 0 Å². The Kier molecular flexibility index (Phi) is 4.11. The van der Waals surface area contributed by atoms with E-state index in [1.165, 1.54) is 17.9 Å². The van der Waals surface area contributed by atoms with Gasteiger partial charge in [-0.2, -0.15) is 4.37 Å². The Morgan fingerprint density at radius 3 is 2.85 bits per heavy atom. The van der Waals surface area contributed by atoms with Gasteiger partial charge in [0.2, 0.25) is 5.13 Å². The van der Waals surface area contributed by atoms with Crippen molar-refractivity contribution >= 4 is 16.7 Å². The predicted octanol–water partition coefficient (Wildman–Crippen LogP) is 1.36. The van der Waals surface area contributed by atoms with Crippen molar-refractivity contribution in [3.05, 3.63) is 6.33 Å². The summed E-state index contributed by atoms with van der Waals surface area (Å²) in [5.41, 5.74) is 0. The molecule has 0 aliphatic carbocycles. The van der Waals surface area contributed by atoms with E-state index in [1.807, 2.05) is 0 Å². The number of nitrogens with zero attached hydrogens (tertiary/aromatic N) is 2. The standard InChI is InChI=1S/C8H15N3OS/c1-6(2)7(3-4-12)11-8-9-5-10-13-8/h5-7,12H,3-4H2,1-2H3,(H,9,10,11). The summed E-state index contributed by atoms with van der Waals surface area (Å²) in [6.07, 6.45) is 2.28. The molecule has 13 heavy (non-hydrogen) atoms. The summed E-state index contributed by atoms with van der Waals surface area (Å²) in [5, 5.41) is 12.9. The average molecular weight is 201 g/mol. The maximum atomic E-state index is 8.84. The number of aliphatic hydroxyl groups is 1. The second kappa shape index (κ2) is 5.14. The molecule has 0 saturated carbocycles. The van der Waals surface area contributed by atoms with E-state index in [9.17, 15) is 0 Å². The molecule has 0 radical (unpaired) electrons. The van der Waals surface area contributed by atoms with Gasteiger partial charge in [0.05, 0.1) is 0 Å². The number of nitrogens with one attached hydrogen (secondary N) is 1. The number of anilines is 1. The van der Waals surface area contributed by atoms with Gasteiger partial charge in [0.15, 0.2) is 0 Å². The van der Waals surface area contributed by atoms with Crippen LogP contribution < -0.4 is 5.32 Å². The van der Waals surface area contributed by atoms with E-state index < -0.39 is 0 Å². The van der Waals surface area contributed by atoms with E-state index in [0.717, 1.165) is 11.6 Å². The summed E-state index contributed by atoms with van der Waals surface area (Å²) in [7, 11) is 0. The predicted molar refractivity (Wildman–Crippen MR) is 53.9 cm³/mol. The Morgan fingerprint density at radius 1 is 1.62 bits per heavy atom. The lowest BCUT2D eigenvalue weighted by Gasteiger charge is -2.20. The molecule has 0 aliphatic heterocycles. The molecule has 0 spiro atoms. The molecule has 1 heterocycles. The Labute approximate surface area is 82.2 Å². The van der Waals surface area contributed by atoms with E-state index in [-0.39, 0.29) is 12.6 Å². The van der Waals surface area contributed by atoms with E-state index in [1.54, 1.807) is 0 Å². The first-order valence-electron chi connectivity index (χ1n) is 4.38. The number of rotatable bonds is 5. The maximum absolute atomic E-state index is 8.84. The molecule has 1 unspecified atom stereocenters. The summed E-state index contributed by atoms with van der Waals surface area (Å²) in [5.74, 6) is 0.482. The van der Waals surface area contributed by atoms with Gasteiger partial charge >= 0.3 is 0 Å². The van der Waals surface area contributed by atoms with Crippen LogP contribution in [-0.4, -0.2) is 27.1 Å². The van der Waals surface area contributed by atoms with Crippen molar-refractivity contribution in [1.82, 2.24) is 9.36 Å². The molecule has 0 saturated heterocycles. The lowest BCUT2D eigenvalue weighted by molar-refractivity contribution is 0.267. The van der Waals surface area contributed by atoms with Crippen LogP contribution in [0.4, 0.5) is 5.13 Å². The van der Waals surface area contributed by atoms with Gasteiger partial charge < -0.3 is 10.4 Å². The zero-order chi connectivity index (χ0) is 9.68. The summed E-state index contributed by atoms with van der Waals surface area (Å²) in [6, 6.07) is 0.276. The Balaban J connectivity index is 2.47. The van der Waals surface area contributed by atoms with Crippen molar-refractivity contribution in [3.63, 3.8) is 0 Å². The van der Waals surface area contributed by atoms with Gasteiger partial charge in [0, 0.05) is 24.2 Å². The monoisotopic (exact) mass is 201 g/mol. The van der Waals surface area contributed by atoms with Gasteiger partial charge in [0.25, 0.3) is 0 Å². The molecule has 4 nitrogen and oxygen atoms in total. The van der Waals surface area contributed by atoms with Gasteiger partial charge in [-0.15, -0.1) is 0 Å². The molecule has 1 aromatic rings. The molecule has 74 valence electrons. The van der Waals surface area contributed by atoms with Crippen molar-refractivity contribution < 1.29 is 5.11 Å². The van der Waals surface area contributed by atoms with Crippen LogP contribution in [0.1, 0.15) is 20.3 Å². The minimum atomic E-state index is 0.203. The number of hydrogen-bond acceptors (Lipinski definition) is 5. The molecule has 5 heteroatoms. The molecule has 1 atom stereocenters. The fourth-order valence-corrected chi connectivity index (χ4v) is 1.60. The number of aliphatic hydroxyl groups excluding tert-OH is 1. The molecular weight excluding hydrogens is 186 g/mol. The second-order valence-electron chi connectivity index (χ2n) is 3.25. The minimum absolute atomic E-state index is 0.203. The molecular formula is C8H15N3OS. The van der Waals surface area contributed by atoms with Crippen LogP contribution in [0.2, 0.25) is 0 Å². The highest BCUT2D eigenvalue weighted by Crippen LogP contribution is 2.15. The highest BCUT2D eigenvalue weighted by molar-refractivity contribution is 7.09. The molecule has 0 fully saturated rings. The normalized spacial score (nSPS) is 13.2. The molecule has 0 amide bonds. The number of hydrogen-bond donors (Lipinski definition) is 2. The zero-order valence-electron chi connectivity index (χ0n) is 7.90. The van der Waals surface area contributed by atoms with Gasteiger partial charge in [0.1, 0.15) is 6.33 Å². The van der Waals surface area contributed by atoms with E-state index in [0.29, 0.717) is 5.92 Å². The van der Waals surface area contributed by atoms with E-state index in [4.69, 9.17) is 5.11 Å². The van der Waals surface area contributed by atoms with Crippen LogP contribution in [0.15, 0.2) is 6.33 Å².